The van der Waals surface area contributed by atoms with Crippen LogP contribution in [0.25, 0.3) is 0 Å². The summed E-state index contributed by atoms with van der Waals surface area (Å²) < 4.78 is 10.9. The number of nitrogens with zero attached hydrogens (tertiary/aromatic N) is 2. The lowest BCUT2D eigenvalue weighted by Crippen LogP contribution is -2.33. The second-order valence-electron chi connectivity index (χ2n) is 9.71. The molecule has 190 valence electrons. The van der Waals surface area contributed by atoms with E-state index < -0.39 is 12.0 Å². The number of aryl methyl sites for hydroxylation is 2. The third-order valence-corrected chi connectivity index (χ3v) is 7.17. The highest BCUT2D eigenvalue weighted by molar-refractivity contribution is 5.76. The Bertz CT molecular complexity index is 967. The third kappa shape index (κ3) is 6.95. The molecule has 2 atom stereocenters. The van der Waals surface area contributed by atoms with Gasteiger partial charge >= 0.3 is 5.97 Å². The Balaban J connectivity index is 1.23. The van der Waals surface area contributed by atoms with E-state index >= 15 is 0 Å². The molecule has 0 radical (unpaired) electrons. The zero-order valence-electron chi connectivity index (χ0n) is 20.9. The van der Waals surface area contributed by atoms with Crippen LogP contribution in [-0.2, 0) is 22.4 Å². The summed E-state index contributed by atoms with van der Waals surface area (Å²) in [4.78, 5) is 19.2. The molecule has 7 heteroatoms. The topological polar surface area (TPSA) is 83.9 Å². The van der Waals surface area contributed by atoms with Crippen molar-refractivity contribution < 1.29 is 19.4 Å². The quantitative estimate of drug-likeness (QED) is 0.401. The van der Waals surface area contributed by atoms with E-state index in [9.17, 15) is 9.90 Å². The number of anilines is 1. The largest absolute Gasteiger partial charge is 0.491 e. The van der Waals surface area contributed by atoms with E-state index in [4.69, 9.17) is 14.5 Å². The van der Waals surface area contributed by atoms with E-state index in [0.717, 1.165) is 63.1 Å². The lowest BCUT2D eigenvalue weighted by molar-refractivity contribution is -0.143. The van der Waals surface area contributed by atoms with Crippen molar-refractivity contribution in [2.45, 2.75) is 57.4 Å². The molecule has 0 spiro atoms. The Labute approximate surface area is 208 Å². The first-order chi connectivity index (χ1) is 17.2. The van der Waals surface area contributed by atoms with Crippen molar-refractivity contribution in [3.63, 3.8) is 0 Å². The number of aliphatic carboxylic acids is 1. The summed E-state index contributed by atoms with van der Waals surface area (Å²) in [6.45, 7) is 3.52. The average Bonchev–Trinajstić information content (AvgIpc) is 3.33. The summed E-state index contributed by atoms with van der Waals surface area (Å²) >= 11 is 0. The molecule has 2 N–H and O–H groups in total. The van der Waals surface area contributed by atoms with E-state index in [-0.39, 0.29) is 0 Å². The number of carboxylic acid groups (broad SMARTS) is 1. The molecule has 1 saturated heterocycles. The number of likely N-dealkylation sites (tertiary alicyclic amines) is 1. The van der Waals surface area contributed by atoms with Gasteiger partial charge in [-0.2, -0.15) is 0 Å². The van der Waals surface area contributed by atoms with Crippen LogP contribution in [0.4, 0.5) is 5.82 Å². The number of rotatable bonds is 13. The van der Waals surface area contributed by atoms with Gasteiger partial charge in [0.25, 0.3) is 0 Å². The first-order valence-electron chi connectivity index (χ1n) is 13.1. The Morgan fingerprint density at radius 2 is 2.09 bits per heavy atom. The van der Waals surface area contributed by atoms with Gasteiger partial charge in [0.2, 0.25) is 0 Å². The Kier molecular flexibility index (Phi) is 9.37. The van der Waals surface area contributed by atoms with Crippen LogP contribution in [0.1, 0.15) is 61.4 Å². The molecule has 1 fully saturated rings. The van der Waals surface area contributed by atoms with Crippen molar-refractivity contribution in [1.29, 1.82) is 0 Å². The van der Waals surface area contributed by atoms with Crippen molar-refractivity contribution in [3.05, 3.63) is 53.2 Å². The fraction of sp³-hybridized carbons (Fsp3) is 0.571. The van der Waals surface area contributed by atoms with Gasteiger partial charge in [0.15, 0.2) is 0 Å². The number of methoxy groups -OCH3 is 1. The van der Waals surface area contributed by atoms with Gasteiger partial charge in [0, 0.05) is 31.5 Å². The highest BCUT2D eigenvalue weighted by Crippen LogP contribution is 2.34. The monoisotopic (exact) mass is 481 g/mol. The SMILES string of the molecule is COCCOc1ccccc1C(C(=O)O)N1CCC(CCCCCc2ccc3c(n2)NCCC3)C1. The third-order valence-electron chi connectivity index (χ3n) is 7.17. The number of aromatic nitrogens is 1. The molecule has 3 heterocycles. The summed E-state index contributed by atoms with van der Waals surface area (Å²) in [5.74, 6) is 1.44. The molecule has 35 heavy (non-hydrogen) atoms. The minimum atomic E-state index is -0.819. The van der Waals surface area contributed by atoms with Gasteiger partial charge in [0.1, 0.15) is 24.2 Å². The molecule has 2 aromatic rings. The molecule has 0 bridgehead atoms. The molecule has 2 aliphatic heterocycles. The summed E-state index contributed by atoms with van der Waals surface area (Å²) in [5.41, 5.74) is 3.25. The lowest BCUT2D eigenvalue weighted by Gasteiger charge is -2.26. The Morgan fingerprint density at radius 1 is 1.20 bits per heavy atom. The first-order valence-corrected chi connectivity index (χ1v) is 13.1. The van der Waals surface area contributed by atoms with E-state index in [2.05, 4.69) is 22.3 Å². The maximum absolute atomic E-state index is 12.3. The van der Waals surface area contributed by atoms with Crippen molar-refractivity contribution in [1.82, 2.24) is 9.88 Å². The molecule has 0 aliphatic carbocycles. The molecule has 0 amide bonds. The number of nitrogens with one attached hydrogen (secondary N) is 1. The molecule has 0 saturated carbocycles. The standard InChI is InChI=1S/C28H39N3O4/c1-34-18-19-35-25-12-6-5-11-24(25)26(28(32)33)31-17-15-21(20-31)8-3-2-4-10-23-14-13-22-9-7-16-29-27(22)30-23/h5-6,11-14,21,26H,2-4,7-10,15-20H2,1H3,(H,29,30)(H,32,33). The van der Waals surface area contributed by atoms with Gasteiger partial charge in [-0.3, -0.25) is 9.69 Å². The van der Waals surface area contributed by atoms with Crippen LogP contribution in [0.15, 0.2) is 36.4 Å². The molecule has 7 nitrogen and oxygen atoms in total. The summed E-state index contributed by atoms with van der Waals surface area (Å²) in [5, 5.41) is 13.5. The van der Waals surface area contributed by atoms with E-state index in [1.54, 1.807) is 7.11 Å². The van der Waals surface area contributed by atoms with E-state index in [0.29, 0.717) is 24.9 Å². The molecule has 1 aromatic heterocycles. The number of carboxylic acids is 1. The summed E-state index contributed by atoms with van der Waals surface area (Å²) in [7, 11) is 1.63. The van der Waals surface area contributed by atoms with Crippen LogP contribution < -0.4 is 10.1 Å². The predicted octanol–water partition coefficient (Wildman–Crippen LogP) is 4.72. The van der Waals surface area contributed by atoms with Crippen LogP contribution in [0.3, 0.4) is 0 Å². The fourth-order valence-electron chi connectivity index (χ4n) is 5.32. The van der Waals surface area contributed by atoms with Crippen LogP contribution in [0.5, 0.6) is 5.75 Å². The van der Waals surface area contributed by atoms with Gasteiger partial charge in [-0.25, -0.2) is 4.98 Å². The number of fused-ring (bicyclic) bond motifs is 1. The fourth-order valence-corrected chi connectivity index (χ4v) is 5.32. The molecular formula is C28H39N3O4. The predicted molar refractivity (Wildman–Crippen MR) is 137 cm³/mol. The summed E-state index contributed by atoms with van der Waals surface area (Å²) in [6.07, 6.45) is 9.04. The van der Waals surface area contributed by atoms with Gasteiger partial charge in [-0.1, -0.05) is 37.1 Å². The van der Waals surface area contributed by atoms with Crippen LogP contribution in [-0.4, -0.2) is 60.9 Å². The summed E-state index contributed by atoms with van der Waals surface area (Å²) in [6, 6.07) is 11.2. The molecule has 1 aromatic carbocycles. The van der Waals surface area contributed by atoms with Gasteiger partial charge in [0.05, 0.1) is 6.61 Å². The number of hydrogen-bond acceptors (Lipinski definition) is 6. The number of pyridine rings is 1. The van der Waals surface area contributed by atoms with E-state index in [1.807, 2.05) is 24.3 Å². The van der Waals surface area contributed by atoms with Gasteiger partial charge in [-0.05, 0) is 68.7 Å². The average molecular weight is 482 g/mol. The number of para-hydroxylation sites is 1. The van der Waals surface area contributed by atoms with Gasteiger partial charge < -0.3 is 19.9 Å². The number of unbranched alkanes of at least 4 members (excludes halogenated alkanes) is 2. The zero-order chi connectivity index (χ0) is 24.5. The molecular weight excluding hydrogens is 442 g/mol. The minimum Gasteiger partial charge on any atom is -0.491 e. The first kappa shape index (κ1) is 25.5. The lowest BCUT2D eigenvalue weighted by atomic mass is 9.99. The van der Waals surface area contributed by atoms with Crippen molar-refractivity contribution in [2.24, 2.45) is 5.92 Å². The van der Waals surface area contributed by atoms with Crippen molar-refractivity contribution in [3.8, 4) is 5.75 Å². The maximum atomic E-state index is 12.3. The smallest absolute Gasteiger partial charge is 0.325 e. The Morgan fingerprint density at radius 3 is 2.94 bits per heavy atom. The van der Waals surface area contributed by atoms with Crippen LogP contribution >= 0.6 is 0 Å². The number of carbonyl (C=O) groups is 1. The van der Waals surface area contributed by atoms with E-state index in [1.165, 1.54) is 30.5 Å². The molecule has 2 unspecified atom stereocenters. The minimum absolute atomic E-state index is 0.403. The van der Waals surface area contributed by atoms with Crippen molar-refractivity contribution in [2.75, 3.05) is 45.3 Å². The van der Waals surface area contributed by atoms with Crippen LogP contribution in [0.2, 0.25) is 0 Å². The number of ether oxygens (including phenoxy) is 2. The van der Waals surface area contributed by atoms with Crippen LogP contribution in [0, 0.1) is 5.92 Å². The second-order valence-corrected chi connectivity index (χ2v) is 9.71. The molecule has 2 aliphatic rings. The normalized spacial score (nSPS) is 18.6. The highest BCUT2D eigenvalue weighted by atomic mass is 16.5. The Hall–Kier alpha value is -2.64. The number of benzene rings is 1. The van der Waals surface area contributed by atoms with Crippen molar-refractivity contribution >= 4 is 11.8 Å². The second kappa shape index (κ2) is 12.9. The highest BCUT2D eigenvalue weighted by Gasteiger charge is 2.35. The van der Waals surface area contributed by atoms with Gasteiger partial charge in [-0.15, -0.1) is 0 Å². The zero-order valence-corrected chi connectivity index (χ0v) is 20.9. The maximum Gasteiger partial charge on any atom is 0.325 e. The molecule has 4 rings (SSSR count). The number of hydrogen-bond donors (Lipinski definition) is 2.